The normalized spacial score (nSPS) is 10.9. The van der Waals surface area contributed by atoms with Crippen molar-refractivity contribution in [2.24, 2.45) is 5.10 Å². The van der Waals surface area contributed by atoms with Gasteiger partial charge in [-0.05, 0) is 82.2 Å². The molecule has 37 heavy (non-hydrogen) atoms. The standard InChI is InChI=1S/C28H24IN3O5/c1-17-7-9-21(10-8-17)31-26(34)16-37-27-23(29)11-18(12-25(27)36-2)15-30-32-28(35)22-13-19-5-3-4-6-20(19)14-24(22)33/h3-15,33H,16H2,1-2H3,(H,31,34)(H,32,35). The van der Waals surface area contributed by atoms with Crippen LogP contribution in [0.5, 0.6) is 17.2 Å². The van der Waals surface area contributed by atoms with Crippen molar-refractivity contribution >= 4 is 57.1 Å². The van der Waals surface area contributed by atoms with Crippen molar-refractivity contribution in [2.45, 2.75) is 6.92 Å². The third kappa shape index (κ3) is 6.56. The number of benzene rings is 4. The zero-order valence-corrected chi connectivity index (χ0v) is 22.3. The average Bonchev–Trinajstić information content (AvgIpc) is 2.88. The van der Waals surface area contributed by atoms with Crippen LogP contribution in [0.3, 0.4) is 0 Å². The van der Waals surface area contributed by atoms with Crippen molar-refractivity contribution < 1.29 is 24.2 Å². The van der Waals surface area contributed by atoms with Crippen LogP contribution in [-0.4, -0.2) is 36.9 Å². The van der Waals surface area contributed by atoms with Crippen LogP contribution in [0.4, 0.5) is 5.69 Å². The van der Waals surface area contributed by atoms with Crippen LogP contribution in [0.25, 0.3) is 10.8 Å². The van der Waals surface area contributed by atoms with Crippen LogP contribution in [-0.2, 0) is 4.79 Å². The number of aryl methyl sites for hydroxylation is 1. The third-order valence-electron chi connectivity index (χ3n) is 5.42. The van der Waals surface area contributed by atoms with Gasteiger partial charge in [-0.3, -0.25) is 9.59 Å². The van der Waals surface area contributed by atoms with Gasteiger partial charge in [0.1, 0.15) is 5.75 Å². The molecule has 3 N–H and O–H groups in total. The van der Waals surface area contributed by atoms with Crippen molar-refractivity contribution in [1.29, 1.82) is 0 Å². The van der Waals surface area contributed by atoms with E-state index in [-0.39, 0.29) is 23.8 Å². The highest BCUT2D eigenvalue weighted by molar-refractivity contribution is 14.1. The summed E-state index contributed by atoms with van der Waals surface area (Å²) in [6, 6.07) is 21.5. The number of methoxy groups -OCH3 is 1. The minimum atomic E-state index is -0.541. The van der Waals surface area contributed by atoms with E-state index in [0.717, 1.165) is 16.3 Å². The highest BCUT2D eigenvalue weighted by Gasteiger charge is 2.14. The van der Waals surface area contributed by atoms with E-state index in [2.05, 4.69) is 38.4 Å². The van der Waals surface area contributed by atoms with Gasteiger partial charge >= 0.3 is 0 Å². The number of ether oxygens (including phenoxy) is 2. The molecule has 0 radical (unpaired) electrons. The molecule has 4 aromatic carbocycles. The first-order valence-corrected chi connectivity index (χ1v) is 12.3. The molecule has 0 aromatic heterocycles. The number of carbonyl (C=O) groups excluding carboxylic acids is 2. The van der Waals surface area contributed by atoms with Gasteiger partial charge in [-0.2, -0.15) is 5.10 Å². The number of nitrogens with one attached hydrogen (secondary N) is 2. The van der Waals surface area contributed by atoms with Gasteiger partial charge in [0.2, 0.25) is 0 Å². The largest absolute Gasteiger partial charge is 0.507 e. The van der Waals surface area contributed by atoms with Gasteiger partial charge in [-0.15, -0.1) is 0 Å². The number of rotatable bonds is 8. The van der Waals surface area contributed by atoms with Gasteiger partial charge in [-0.1, -0.05) is 42.0 Å². The highest BCUT2D eigenvalue weighted by atomic mass is 127. The lowest BCUT2D eigenvalue weighted by atomic mass is 10.1. The molecule has 8 nitrogen and oxygen atoms in total. The Kier molecular flexibility index (Phi) is 8.24. The zero-order chi connectivity index (χ0) is 26.4. The summed E-state index contributed by atoms with van der Waals surface area (Å²) in [5.74, 6) is -0.136. The van der Waals surface area contributed by atoms with Crippen LogP contribution in [0, 0.1) is 10.5 Å². The molecular formula is C28H24IN3O5. The summed E-state index contributed by atoms with van der Waals surface area (Å²) in [7, 11) is 1.50. The molecule has 9 heteroatoms. The summed E-state index contributed by atoms with van der Waals surface area (Å²) < 4.78 is 11.9. The lowest BCUT2D eigenvalue weighted by Crippen LogP contribution is -2.20. The predicted octanol–water partition coefficient (Wildman–Crippen LogP) is 5.25. The fraction of sp³-hybridized carbons (Fsp3) is 0.107. The maximum absolute atomic E-state index is 12.6. The maximum Gasteiger partial charge on any atom is 0.275 e. The predicted molar refractivity (Wildman–Crippen MR) is 152 cm³/mol. The Morgan fingerprint density at radius 2 is 1.73 bits per heavy atom. The molecule has 0 aliphatic rings. The minimum Gasteiger partial charge on any atom is -0.507 e. The summed E-state index contributed by atoms with van der Waals surface area (Å²) in [4.78, 5) is 24.9. The van der Waals surface area contributed by atoms with Gasteiger partial charge in [0.05, 0.1) is 22.5 Å². The number of carbonyl (C=O) groups is 2. The number of phenolic OH excluding ortho intramolecular Hbond substituents is 1. The Labute approximate surface area is 227 Å². The van der Waals surface area contributed by atoms with E-state index >= 15 is 0 Å². The summed E-state index contributed by atoms with van der Waals surface area (Å²) >= 11 is 2.08. The Bertz CT molecular complexity index is 1490. The molecule has 2 amide bonds. The molecule has 0 spiro atoms. The number of nitrogens with zero attached hydrogens (tertiary/aromatic N) is 1. The Hall–Kier alpha value is -4.12. The second-order valence-electron chi connectivity index (χ2n) is 8.15. The van der Waals surface area contributed by atoms with Crippen molar-refractivity contribution in [3.05, 3.63) is 93.1 Å². The number of anilines is 1. The molecule has 0 aliphatic heterocycles. The number of hydrogen-bond acceptors (Lipinski definition) is 6. The van der Waals surface area contributed by atoms with E-state index in [4.69, 9.17) is 9.47 Å². The van der Waals surface area contributed by atoms with Crippen LogP contribution < -0.4 is 20.2 Å². The quantitative estimate of drug-likeness (QED) is 0.144. The topological polar surface area (TPSA) is 109 Å². The fourth-order valence-corrected chi connectivity index (χ4v) is 4.34. The molecule has 0 saturated carbocycles. The third-order valence-corrected chi connectivity index (χ3v) is 6.22. The number of aromatic hydroxyl groups is 1. The molecule has 0 bridgehead atoms. The number of hydrogen-bond donors (Lipinski definition) is 3. The second kappa shape index (κ2) is 11.7. The highest BCUT2D eigenvalue weighted by Crippen LogP contribution is 2.33. The average molecular weight is 609 g/mol. The van der Waals surface area contributed by atoms with Crippen LogP contribution >= 0.6 is 22.6 Å². The van der Waals surface area contributed by atoms with E-state index in [0.29, 0.717) is 26.3 Å². The number of hydrazone groups is 1. The molecule has 188 valence electrons. The zero-order valence-electron chi connectivity index (χ0n) is 20.1. The van der Waals surface area contributed by atoms with Gasteiger partial charge in [0, 0.05) is 5.69 Å². The molecule has 4 aromatic rings. The van der Waals surface area contributed by atoms with Crippen molar-refractivity contribution in [2.75, 3.05) is 19.0 Å². The van der Waals surface area contributed by atoms with Crippen LogP contribution in [0.15, 0.2) is 77.9 Å². The van der Waals surface area contributed by atoms with Crippen LogP contribution in [0.2, 0.25) is 0 Å². The number of halogens is 1. The molecule has 0 unspecified atom stereocenters. The van der Waals surface area contributed by atoms with Crippen molar-refractivity contribution in [3.63, 3.8) is 0 Å². The van der Waals surface area contributed by atoms with E-state index < -0.39 is 5.91 Å². The number of amides is 2. The lowest BCUT2D eigenvalue weighted by Gasteiger charge is -2.13. The van der Waals surface area contributed by atoms with E-state index in [1.54, 1.807) is 24.3 Å². The monoisotopic (exact) mass is 609 g/mol. The fourth-order valence-electron chi connectivity index (χ4n) is 3.56. The van der Waals surface area contributed by atoms with Gasteiger partial charge in [0.15, 0.2) is 18.1 Å². The summed E-state index contributed by atoms with van der Waals surface area (Å²) in [6.07, 6.45) is 1.45. The summed E-state index contributed by atoms with van der Waals surface area (Å²) in [5.41, 5.74) is 4.98. The van der Waals surface area contributed by atoms with Gasteiger partial charge in [-0.25, -0.2) is 5.43 Å². The first-order chi connectivity index (χ1) is 17.8. The molecule has 0 aliphatic carbocycles. The molecular weight excluding hydrogens is 585 g/mol. The number of phenols is 1. The Morgan fingerprint density at radius 1 is 1.03 bits per heavy atom. The SMILES string of the molecule is COc1cc(C=NNC(=O)c2cc3ccccc3cc2O)cc(I)c1OCC(=O)Nc1ccc(C)cc1. The van der Waals surface area contributed by atoms with Gasteiger partial charge < -0.3 is 19.9 Å². The Morgan fingerprint density at radius 3 is 2.43 bits per heavy atom. The summed E-state index contributed by atoms with van der Waals surface area (Å²) in [6.45, 7) is 1.78. The molecule has 0 saturated heterocycles. The molecule has 0 fully saturated rings. The molecule has 0 heterocycles. The first-order valence-electron chi connectivity index (χ1n) is 11.3. The second-order valence-corrected chi connectivity index (χ2v) is 9.31. The van der Waals surface area contributed by atoms with Crippen LogP contribution in [0.1, 0.15) is 21.5 Å². The van der Waals surface area contributed by atoms with Crippen molar-refractivity contribution in [1.82, 2.24) is 5.43 Å². The molecule has 4 rings (SSSR count). The minimum absolute atomic E-state index is 0.121. The van der Waals surface area contributed by atoms with Crippen molar-refractivity contribution in [3.8, 4) is 17.2 Å². The smallest absolute Gasteiger partial charge is 0.275 e. The maximum atomic E-state index is 12.6. The van der Waals surface area contributed by atoms with E-state index in [9.17, 15) is 14.7 Å². The summed E-state index contributed by atoms with van der Waals surface area (Å²) in [5, 5.41) is 18.7. The lowest BCUT2D eigenvalue weighted by molar-refractivity contribution is -0.118. The van der Waals surface area contributed by atoms with Gasteiger partial charge in [0.25, 0.3) is 11.8 Å². The molecule has 0 atom stereocenters. The first kappa shape index (κ1) is 26.0. The van der Waals surface area contributed by atoms with E-state index in [1.165, 1.54) is 13.3 Å². The Balaban J connectivity index is 1.40. The van der Waals surface area contributed by atoms with E-state index in [1.807, 2.05) is 55.5 Å². The number of fused-ring (bicyclic) bond motifs is 1.